The van der Waals surface area contributed by atoms with Crippen molar-refractivity contribution in [1.82, 2.24) is 19.6 Å². The van der Waals surface area contributed by atoms with Crippen LogP contribution in [0.2, 0.25) is 0 Å². The number of pyridine rings is 1. The Bertz CT molecular complexity index is 677. The van der Waals surface area contributed by atoms with Crippen molar-refractivity contribution in [3.63, 3.8) is 0 Å². The molecule has 0 fully saturated rings. The summed E-state index contributed by atoms with van der Waals surface area (Å²) in [5.74, 6) is 0.425. The Morgan fingerprint density at radius 2 is 2.12 bits per heavy atom. The number of nitrogens with zero attached hydrogens (tertiary/aromatic N) is 4. The molecule has 3 aromatic rings. The average molecular weight is 290 g/mol. The van der Waals surface area contributed by atoms with Crippen LogP contribution < -0.4 is 5.73 Å². The van der Waals surface area contributed by atoms with E-state index in [2.05, 4.69) is 31.0 Å². The Kier molecular flexibility index (Phi) is 2.29. The molecule has 0 saturated carbocycles. The molecule has 5 nitrogen and oxygen atoms in total. The zero-order chi connectivity index (χ0) is 11.8. The maximum Gasteiger partial charge on any atom is 0.166 e. The van der Waals surface area contributed by atoms with Gasteiger partial charge in [0.1, 0.15) is 0 Å². The number of halogens is 1. The Morgan fingerprint density at radius 3 is 2.88 bits per heavy atom. The van der Waals surface area contributed by atoms with E-state index < -0.39 is 0 Å². The second-order valence-electron chi connectivity index (χ2n) is 3.52. The van der Waals surface area contributed by atoms with E-state index in [-0.39, 0.29) is 0 Å². The van der Waals surface area contributed by atoms with Crippen molar-refractivity contribution in [3.05, 3.63) is 41.3 Å². The second kappa shape index (κ2) is 3.81. The van der Waals surface area contributed by atoms with Crippen LogP contribution in [0.3, 0.4) is 0 Å². The summed E-state index contributed by atoms with van der Waals surface area (Å²) < 4.78 is 2.49. The monoisotopic (exact) mass is 289 g/mol. The van der Waals surface area contributed by atoms with E-state index in [0.29, 0.717) is 11.5 Å². The summed E-state index contributed by atoms with van der Waals surface area (Å²) in [5.41, 5.74) is 8.14. The summed E-state index contributed by atoms with van der Waals surface area (Å²) in [7, 11) is 0. The quantitative estimate of drug-likeness (QED) is 0.745. The van der Waals surface area contributed by atoms with Gasteiger partial charge in [-0.2, -0.15) is 0 Å². The molecule has 0 aromatic carbocycles. The largest absolute Gasteiger partial charge is 0.382 e. The minimum absolute atomic E-state index is 0.425. The third kappa shape index (κ3) is 1.66. The van der Waals surface area contributed by atoms with Crippen LogP contribution in [0.25, 0.3) is 16.9 Å². The number of nitrogens with two attached hydrogens (primary N) is 1. The molecule has 0 unspecified atom stereocenters. The van der Waals surface area contributed by atoms with Gasteiger partial charge in [-0.15, -0.1) is 5.10 Å². The van der Waals surface area contributed by atoms with E-state index >= 15 is 0 Å². The highest BCUT2D eigenvalue weighted by Gasteiger charge is 2.14. The zero-order valence-corrected chi connectivity index (χ0v) is 10.3. The molecule has 0 aliphatic carbocycles. The first-order valence-electron chi connectivity index (χ1n) is 4.96. The summed E-state index contributed by atoms with van der Waals surface area (Å²) in [4.78, 5) is 8.58. The van der Waals surface area contributed by atoms with Crippen LogP contribution in [0.5, 0.6) is 0 Å². The number of hydrogen-bond acceptors (Lipinski definition) is 4. The van der Waals surface area contributed by atoms with Crippen molar-refractivity contribution in [3.8, 4) is 11.3 Å². The smallest absolute Gasteiger partial charge is 0.166 e. The topological polar surface area (TPSA) is 69.1 Å². The van der Waals surface area contributed by atoms with Crippen LogP contribution in [0.1, 0.15) is 0 Å². The van der Waals surface area contributed by atoms with Crippen molar-refractivity contribution in [2.45, 2.75) is 0 Å². The number of rotatable bonds is 1. The van der Waals surface area contributed by atoms with Crippen LogP contribution in [-0.4, -0.2) is 19.6 Å². The predicted octanol–water partition coefficient (Wildman–Crippen LogP) is 2.14. The first kappa shape index (κ1) is 10.2. The van der Waals surface area contributed by atoms with Gasteiger partial charge in [-0.25, -0.2) is 9.50 Å². The van der Waals surface area contributed by atoms with Gasteiger partial charge in [0.15, 0.2) is 11.5 Å². The SMILES string of the molecule is Nc1nn2cc(Br)cnc2c1-c1ccccn1. The van der Waals surface area contributed by atoms with E-state index in [0.717, 1.165) is 15.7 Å². The molecule has 0 radical (unpaired) electrons. The highest BCUT2D eigenvalue weighted by atomic mass is 79.9. The van der Waals surface area contributed by atoms with Crippen molar-refractivity contribution >= 4 is 27.4 Å². The minimum Gasteiger partial charge on any atom is -0.382 e. The lowest BCUT2D eigenvalue weighted by atomic mass is 10.2. The van der Waals surface area contributed by atoms with Gasteiger partial charge in [0.2, 0.25) is 0 Å². The highest BCUT2D eigenvalue weighted by molar-refractivity contribution is 9.10. The lowest BCUT2D eigenvalue weighted by molar-refractivity contribution is 0.939. The van der Waals surface area contributed by atoms with Gasteiger partial charge in [-0.3, -0.25) is 4.98 Å². The highest BCUT2D eigenvalue weighted by Crippen LogP contribution is 2.27. The lowest BCUT2D eigenvalue weighted by Gasteiger charge is -1.98. The Hall–Kier alpha value is -1.95. The summed E-state index contributed by atoms with van der Waals surface area (Å²) in [6.07, 6.45) is 5.24. The maximum atomic E-state index is 5.91. The normalized spacial score (nSPS) is 10.9. The molecule has 17 heavy (non-hydrogen) atoms. The second-order valence-corrected chi connectivity index (χ2v) is 4.43. The molecule has 3 heterocycles. The van der Waals surface area contributed by atoms with E-state index in [1.165, 1.54) is 0 Å². The van der Waals surface area contributed by atoms with Gasteiger partial charge in [0.25, 0.3) is 0 Å². The molecule has 3 rings (SSSR count). The van der Waals surface area contributed by atoms with Crippen LogP contribution >= 0.6 is 15.9 Å². The number of fused-ring (bicyclic) bond motifs is 1. The summed E-state index contributed by atoms with van der Waals surface area (Å²) in [5, 5.41) is 4.21. The molecule has 3 aromatic heterocycles. The Morgan fingerprint density at radius 1 is 1.24 bits per heavy atom. The fourth-order valence-corrected chi connectivity index (χ4v) is 1.98. The molecular weight excluding hydrogens is 282 g/mol. The number of anilines is 1. The maximum absolute atomic E-state index is 5.91. The Balaban J connectivity index is 2.33. The number of nitrogen functional groups attached to an aromatic ring is 1. The van der Waals surface area contributed by atoms with Crippen LogP contribution in [0.4, 0.5) is 5.82 Å². The Labute approximate surface area is 105 Å². The predicted molar refractivity (Wildman–Crippen MR) is 68.3 cm³/mol. The first-order valence-corrected chi connectivity index (χ1v) is 5.76. The fraction of sp³-hybridized carbons (Fsp3) is 0. The molecule has 0 amide bonds. The van der Waals surface area contributed by atoms with Gasteiger partial charge < -0.3 is 5.73 Å². The molecule has 0 aliphatic heterocycles. The number of aromatic nitrogens is 4. The van der Waals surface area contributed by atoms with Crippen LogP contribution in [0, 0.1) is 0 Å². The van der Waals surface area contributed by atoms with E-state index in [4.69, 9.17) is 5.73 Å². The van der Waals surface area contributed by atoms with Gasteiger partial charge in [-0.1, -0.05) is 6.07 Å². The average Bonchev–Trinajstić information content (AvgIpc) is 2.65. The van der Waals surface area contributed by atoms with E-state index in [1.807, 2.05) is 24.4 Å². The first-order chi connectivity index (χ1) is 8.25. The standard InChI is InChI=1S/C11H8BrN5/c12-7-5-15-11-9(8-3-1-2-4-14-8)10(13)16-17(11)6-7/h1-6H,(H2,13,16). The van der Waals surface area contributed by atoms with Crippen molar-refractivity contribution in [2.24, 2.45) is 0 Å². The van der Waals surface area contributed by atoms with Crippen LogP contribution in [0.15, 0.2) is 41.3 Å². The molecule has 0 aliphatic rings. The molecule has 0 bridgehead atoms. The molecule has 84 valence electrons. The fourth-order valence-electron chi connectivity index (χ4n) is 1.69. The zero-order valence-electron chi connectivity index (χ0n) is 8.71. The number of hydrogen-bond donors (Lipinski definition) is 1. The molecule has 2 N–H and O–H groups in total. The van der Waals surface area contributed by atoms with Gasteiger partial charge in [0, 0.05) is 18.6 Å². The lowest BCUT2D eigenvalue weighted by Crippen LogP contribution is -1.89. The van der Waals surface area contributed by atoms with Crippen molar-refractivity contribution < 1.29 is 0 Å². The van der Waals surface area contributed by atoms with Crippen molar-refractivity contribution in [2.75, 3.05) is 5.73 Å². The third-order valence-electron chi connectivity index (χ3n) is 2.39. The van der Waals surface area contributed by atoms with Gasteiger partial charge >= 0.3 is 0 Å². The van der Waals surface area contributed by atoms with Crippen LogP contribution in [-0.2, 0) is 0 Å². The molecular formula is C11H8BrN5. The molecule has 0 spiro atoms. The summed E-state index contributed by atoms with van der Waals surface area (Å²) in [6.45, 7) is 0. The van der Waals surface area contributed by atoms with Gasteiger partial charge in [-0.05, 0) is 28.1 Å². The van der Waals surface area contributed by atoms with Gasteiger partial charge in [0.05, 0.1) is 15.7 Å². The van der Waals surface area contributed by atoms with Crippen molar-refractivity contribution in [1.29, 1.82) is 0 Å². The van der Waals surface area contributed by atoms with E-state index in [9.17, 15) is 0 Å². The molecule has 0 saturated heterocycles. The summed E-state index contributed by atoms with van der Waals surface area (Å²) >= 11 is 3.34. The molecule has 6 heteroatoms. The molecule has 0 atom stereocenters. The van der Waals surface area contributed by atoms with E-state index in [1.54, 1.807) is 16.9 Å². The summed E-state index contributed by atoms with van der Waals surface area (Å²) in [6, 6.07) is 5.65. The third-order valence-corrected chi connectivity index (χ3v) is 2.80. The minimum atomic E-state index is 0.425.